The Hall–Kier alpha value is -1.76. The molecule has 1 nitrogen and oxygen atoms in total. The van der Waals surface area contributed by atoms with E-state index < -0.39 is 0 Å². The lowest BCUT2D eigenvalue weighted by Crippen LogP contribution is -2.14. The van der Waals surface area contributed by atoms with Crippen LogP contribution in [0.15, 0.2) is 36.4 Å². The van der Waals surface area contributed by atoms with Crippen LogP contribution in [0.5, 0.6) is 0 Å². The van der Waals surface area contributed by atoms with E-state index in [4.69, 9.17) is 0 Å². The first-order valence-corrected chi connectivity index (χ1v) is 7.62. The standard InChI is InChI=1S/C20H27N/c1-14-12-15(2)19(16(3)13-14)21(7)18-10-8-17(9-11-18)20(4,5)6/h8-13H,1-7H3. The third-order valence-corrected chi connectivity index (χ3v) is 4.09. The number of aryl methyl sites for hydroxylation is 3. The Bertz CT molecular complexity index is 607. The Morgan fingerprint density at radius 3 is 1.71 bits per heavy atom. The highest BCUT2D eigenvalue weighted by Gasteiger charge is 2.15. The molecule has 0 aliphatic rings. The quantitative estimate of drug-likeness (QED) is 0.684. The second kappa shape index (κ2) is 5.55. The van der Waals surface area contributed by atoms with E-state index >= 15 is 0 Å². The summed E-state index contributed by atoms with van der Waals surface area (Å²) in [4.78, 5) is 2.29. The molecule has 0 aromatic heterocycles. The molecular formula is C20H27N. The highest BCUT2D eigenvalue weighted by Crippen LogP contribution is 2.32. The van der Waals surface area contributed by atoms with E-state index in [1.165, 1.54) is 33.6 Å². The van der Waals surface area contributed by atoms with Crippen molar-refractivity contribution in [3.8, 4) is 0 Å². The van der Waals surface area contributed by atoms with Crippen molar-refractivity contribution in [1.82, 2.24) is 0 Å². The second-order valence-corrected chi connectivity index (χ2v) is 7.10. The molecule has 2 aromatic carbocycles. The molecule has 0 unspecified atom stereocenters. The zero-order chi connectivity index (χ0) is 15.8. The number of hydrogen-bond donors (Lipinski definition) is 0. The van der Waals surface area contributed by atoms with E-state index in [1.54, 1.807) is 0 Å². The molecule has 0 heterocycles. The van der Waals surface area contributed by atoms with Gasteiger partial charge in [0.1, 0.15) is 0 Å². The van der Waals surface area contributed by atoms with E-state index in [9.17, 15) is 0 Å². The number of nitrogens with zero attached hydrogens (tertiary/aromatic N) is 1. The van der Waals surface area contributed by atoms with Crippen molar-refractivity contribution in [2.45, 2.75) is 47.0 Å². The summed E-state index contributed by atoms with van der Waals surface area (Å²) in [6.07, 6.45) is 0. The van der Waals surface area contributed by atoms with Crippen molar-refractivity contribution in [3.63, 3.8) is 0 Å². The zero-order valence-electron chi connectivity index (χ0n) is 14.4. The van der Waals surface area contributed by atoms with E-state index in [0.29, 0.717) is 0 Å². The number of hydrogen-bond acceptors (Lipinski definition) is 1. The van der Waals surface area contributed by atoms with Gasteiger partial charge in [0.05, 0.1) is 0 Å². The molecule has 0 bridgehead atoms. The van der Waals surface area contributed by atoms with Crippen molar-refractivity contribution in [1.29, 1.82) is 0 Å². The highest BCUT2D eigenvalue weighted by molar-refractivity contribution is 5.69. The molecule has 0 saturated carbocycles. The van der Waals surface area contributed by atoms with Gasteiger partial charge in [-0.1, -0.05) is 50.6 Å². The van der Waals surface area contributed by atoms with E-state index in [0.717, 1.165) is 0 Å². The SMILES string of the molecule is Cc1cc(C)c(N(C)c2ccc(C(C)(C)C)cc2)c(C)c1. The maximum absolute atomic E-state index is 2.29. The van der Waals surface area contributed by atoms with Gasteiger partial charge in [0.2, 0.25) is 0 Å². The Balaban J connectivity index is 2.39. The maximum atomic E-state index is 2.29. The summed E-state index contributed by atoms with van der Waals surface area (Å²) >= 11 is 0. The maximum Gasteiger partial charge on any atom is 0.0467 e. The molecule has 1 heteroatoms. The Morgan fingerprint density at radius 2 is 1.29 bits per heavy atom. The minimum atomic E-state index is 0.201. The minimum absolute atomic E-state index is 0.201. The van der Waals surface area contributed by atoms with Crippen molar-refractivity contribution in [2.75, 3.05) is 11.9 Å². The largest absolute Gasteiger partial charge is 0.344 e. The minimum Gasteiger partial charge on any atom is -0.344 e. The van der Waals surface area contributed by atoms with Crippen LogP contribution in [0.4, 0.5) is 11.4 Å². The molecule has 0 amide bonds. The van der Waals surface area contributed by atoms with Gasteiger partial charge in [-0.2, -0.15) is 0 Å². The van der Waals surface area contributed by atoms with Crippen molar-refractivity contribution >= 4 is 11.4 Å². The van der Waals surface area contributed by atoms with Crippen LogP contribution in [0.1, 0.15) is 43.0 Å². The van der Waals surface area contributed by atoms with Gasteiger partial charge in [0.25, 0.3) is 0 Å². The molecule has 0 atom stereocenters. The first-order valence-electron chi connectivity index (χ1n) is 7.62. The predicted molar refractivity (Wildman–Crippen MR) is 93.9 cm³/mol. The van der Waals surface area contributed by atoms with Crippen LogP contribution in [0, 0.1) is 20.8 Å². The van der Waals surface area contributed by atoms with E-state index in [1.807, 2.05) is 0 Å². The first-order chi connectivity index (χ1) is 9.70. The molecular weight excluding hydrogens is 254 g/mol. The zero-order valence-corrected chi connectivity index (χ0v) is 14.4. The number of anilines is 2. The van der Waals surface area contributed by atoms with Gasteiger partial charge < -0.3 is 4.90 Å². The van der Waals surface area contributed by atoms with Gasteiger partial charge in [-0.3, -0.25) is 0 Å². The van der Waals surface area contributed by atoms with Crippen molar-refractivity contribution in [2.24, 2.45) is 0 Å². The van der Waals surface area contributed by atoms with Crippen LogP contribution in [-0.2, 0) is 5.41 Å². The monoisotopic (exact) mass is 281 g/mol. The van der Waals surface area contributed by atoms with Crippen LogP contribution in [0.3, 0.4) is 0 Å². The summed E-state index contributed by atoms with van der Waals surface area (Å²) in [5.41, 5.74) is 8.10. The summed E-state index contributed by atoms with van der Waals surface area (Å²) < 4.78 is 0. The van der Waals surface area contributed by atoms with E-state index in [-0.39, 0.29) is 5.41 Å². The van der Waals surface area contributed by atoms with Gasteiger partial charge in [0.15, 0.2) is 0 Å². The van der Waals surface area contributed by atoms with Crippen LogP contribution >= 0.6 is 0 Å². The van der Waals surface area contributed by atoms with Crippen molar-refractivity contribution in [3.05, 3.63) is 58.7 Å². The lowest BCUT2D eigenvalue weighted by atomic mass is 9.87. The average Bonchev–Trinajstić information content (AvgIpc) is 2.36. The Kier molecular flexibility index (Phi) is 4.13. The summed E-state index contributed by atoms with van der Waals surface area (Å²) in [5, 5.41) is 0. The fourth-order valence-corrected chi connectivity index (χ4v) is 3.02. The molecule has 0 saturated heterocycles. The third-order valence-electron chi connectivity index (χ3n) is 4.09. The fraction of sp³-hybridized carbons (Fsp3) is 0.400. The Morgan fingerprint density at radius 1 is 0.810 bits per heavy atom. The summed E-state index contributed by atoms with van der Waals surface area (Å²) in [6.45, 7) is 13.3. The molecule has 21 heavy (non-hydrogen) atoms. The number of rotatable bonds is 2. The second-order valence-electron chi connectivity index (χ2n) is 7.10. The predicted octanol–water partition coefficient (Wildman–Crippen LogP) is 5.68. The normalized spacial score (nSPS) is 11.6. The third kappa shape index (κ3) is 3.29. The molecule has 0 radical (unpaired) electrons. The average molecular weight is 281 g/mol. The highest BCUT2D eigenvalue weighted by atomic mass is 15.1. The molecule has 0 N–H and O–H groups in total. The molecule has 0 aliphatic carbocycles. The van der Waals surface area contributed by atoms with Crippen molar-refractivity contribution < 1.29 is 0 Å². The smallest absolute Gasteiger partial charge is 0.0467 e. The topological polar surface area (TPSA) is 3.24 Å². The summed E-state index contributed by atoms with van der Waals surface area (Å²) in [6, 6.07) is 13.4. The molecule has 0 spiro atoms. The fourth-order valence-electron chi connectivity index (χ4n) is 3.02. The molecule has 2 aromatic rings. The summed E-state index contributed by atoms with van der Waals surface area (Å²) in [5.74, 6) is 0. The van der Waals surface area contributed by atoms with Gasteiger partial charge in [-0.15, -0.1) is 0 Å². The van der Waals surface area contributed by atoms with Gasteiger partial charge >= 0.3 is 0 Å². The number of benzene rings is 2. The lowest BCUT2D eigenvalue weighted by Gasteiger charge is -2.26. The van der Waals surface area contributed by atoms with Gasteiger partial charge in [0, 0.05) is 18.4 Å². The van der Waals surface area contributed by atoms with E-state index in [2.05, 4.69) is 89.9 Å². The van der Waals surface area contributed by atoms with Crippen LogP contribution < -0.4 is 4.90 Å². The molecule has 0 fully saturated rings. The molecule has 112 valence electrons. The van der Waals surface area contributed by atoms with Gasteiger partial charge in [-0.05, 0) is 55.0 Å². The first kappa shape index (κ1) is 15.6. The Labute approximate surface area is 129 Å². The molecule has 0 aliphatic heterocycles. The molecule has 2 rings (SSSR count). The lowest BCUT2D eigenvalue weighted by molar-refractivity contribution is 0.590. The van der Waals surface area contributed by atoms with Crippen LogP contribution in [0.25, 0.3) is 0 Å². The van der Waals surface area contributed by atoms with Gasteiger partial charge in [-0.25, -0.2) is 0 Å². The summed E-state index contributed by atoms with van der Waals surface area (Å²) in [7, 11) is 2.15. The van der Waals surface area contributed by atoms with Crippen LogP contribution in [0.2, 0.25) is 0 Å². The van der Waals surface area contributed by atoms with Crippen LogP contribution in [-0.4, -0.2) is 7.05 Å².